The molecule has 1 fully saturated rings. The molecule has 1 aromatic carbocycles. The molecule has 0 atom stereocenters. The first-order valence-corrected chi connectivity index (χ1v) is 6.19. The van der Waals surface area contributed by atoms with Crippen LogP contribution in [-0.4, -0.2) is 28.5 Å². The Hall–Kier alpha value is -2.15. The number of rotatable bonds is 5. The number of hydrogen-bond donors (Lipinski definition) is 2. The van der Waals surface area contributed by atoms with Gasteiger partial charge < -0.3 is 10.4 Å². The summed E-state index contributed by atoms with van der Waals surface area (Å²) in [5.41, 5.74) is -1.47. The number of carboxylic acids is 1. The highest BCUT2D eigenvalue weighted by Crippen LogP contribution is 2.45. The van der Waals surface area contributed by atoms with Gasteiger partial charge >= 0.3 is 5.97 Å². The number of nitrogens with one attached hydrogen (secondary N) is 1. The zero-order chi connectivity index (χ0) is 14.9. The van der Waals surface area contributed by atoms with Crippen molar-refractivity contribution in [1.29, 1.82) is 0 Å². The van der Waals surface area contributed by atoms with E-state index in [-0.39, 0.29) is 17.1 Å². The molecule has 1 aromatic rings. The monoisotopic (exact) mass is 298 g/mol. The third-order valence-electron chi connectivity index (χ3n) is 3.30. The van der Waals surface area contributed by atoms with E-state index in [1.165, 1.54) is 12.1 Å². The molecule has 0 saturated heterocycles. The van der Waals surface area contributed by atoms with Crippen LogP contribution in [0, 0.1) is 15.5 Å². The van der Waals surface area contributed by atoms with E-state index in [4.69, 9.17) is 16.7 Å². The van der Waals surface area contributed by atoms with Crippen LogP contribution < -0.4 is 5.32 Å². The van der Waals surface area contributed by atoms with E-state index in [1.807, 2.05) is 0 Å². The zero-order valence-corrected chi connectivity index (χ0v) is 11.0. The largest absolute Gasteiger partial charge is 0.481 e. The van der Waals surface area contributed by atoms with Gasteiger partial charge in [0, 0.05) is 17.6 Å². The van der Waals surface area contributed by atoms with Crippen molar-refractivity contribution in [2.75, 3.05) is 6.54 Å². The van der Waals surface area contributed by atoms with Gasteiger partial charge in [0.05, 0.1) is 10.3 Å². The van der Waals surface area contributed by atoms with Gasteiger partial charge in [-0.3, -0.25) is 19.7 Å². The fourth-order valence-corrected chi connectivity index (χ4v) is 1.98. The lowest BCUT2D eigenvalue weighted by Gasteiger charge is -2.11. The van der Waals surface area contributed by atoms with E-state index < -0.39 is 27.9 Å². The molecule has 0 aliphatic heterocycles. The van der Waals surface area contributed by atoms with E-state index >= 15 is 0 Å². The molecule has 106 valence electrons. The number of carboxylic acid groups (broad SMARTS) is 1. The zero-order valence-electron chi connectivity index (χ0n) is 10.3. The Morgan fingerprint density at radius 1 is 1.45 bits per heavy atom. The first kappa shape index (κ1) is 14.3. The summed E-state index contributed by atoms with van der Waals surface area (Å²) in [6.45, 7) is -0.0407. The number of halogens is 1. The Morgan fingerprint density at radius 3 is 2.60 bits per heavy atom. The summed E-state index contributed by atoms with van der Waals surface area (Å²) in [4.78, 5) is 33.1. The van der Waals surface area contributed by atoms with Gasteiger partial charge in [0.15, 0.2) is 0 Å². The molecule has 0 spiro atoms. The minimum atomic E-state index is -0.969. The van der Waals surface area contributed by atoms with Crippen LogP contribution in [0.1, 0.15) is 23.2 Å². The Bertz CT molecular complexity index is 598. The summed E-state index contributed by atoms with van der Waals surface area (Å²) < 4.78 is 0. The summed E-state index contributed by atoms with van der Waals surface area (Å²) in [6.07, 6.45) is 0.983. The third-order valence-corrected chi connectivity index (χ3v) is 3.53. The summed E-state index contributed by atoms with van der Waals surface area (Å²) in [6, 6.07) is 3.70. The van der Waals surface area contributed by atoms with Gasteiger partial charge in [-0.05, 0) is 25.0 Å². The average molecular weight is 299 g/mol. The molecule has 0 heterocycles. The number of benzene rings is 1. The van der Waals surface area contributed by atoms with Gasteiger partial charge in [-0.1, -0.05) is 11.6 Å². The van der Waals surface area contributed by atoms with E-state index in [0.717, 1.165) is 6.07 Å². The van der Waals surface area contributed by atoms with Gasteiger partial charge in [0.2, 0.25) is 0 Å². The van der Waals surface area contributed by atoms with Crippen LogP contribution in [0.4, 0.5) is 5.69 Å². The van der Waals surface area contributed by atoms with Gasteiger partial charge in [-0.2, -0.15) is 0 Å². The van der Waals surface area contributed by atoms with E-state index in [1.54, 1.807) is 0 Å². The predicted molar refractivity (Wildman–Crippen MR) is 69.7 cm³/mol. The second-order valence-electron chi connectivity index (χ2n) is 4.69. The smallest absolute Gasteiger partial charge is 0.311 e. The first-order chi connectivity index (χ1) is 9.35. The summed E-state index contributed by atoms with van der Waals surface area (Å²) in [5, 5.41) is 22.4. The molecule has 7 nitrogen and oxygen atoms in total. The lowest BCUT2D eigenvalue weighted by molar-refractivity contribution is -0.385. The van der Waals surface area contributed by atoms with Crippen LogP contribution in [0.15, 0.2) is 18.2 Å². The van der Waals surface area contributed by atoms with Crippen LogP contribution in [0.25, 0.3) is 0 Å². The van der Waals surface area contributed by atoms with E-state index in [2.05, 4.69) is 5.32 Å². The Kier molecular flexibility index (Phi) is 3.63. The summed E-state index contributed by atoms with van der Waals surface area (Å²) in [5.74, 6) is -1.65. The Morgan fingerprint density at radius 2 is 2.10 bits per heavy atom. The highest BCUT2D eigenvalue weighted by Gasteiger charge is 2.50. The van der Waals surface area contributed by atoms with Crippen LogP contribution in [0.3, 0.4) is 0 Å². The number of nitro groups is 1. The fourth-order valence-electron chi connectivity index (χ4n) is 1.81. The minimum absolute atomic E-state index is 0.0407. The van der Waals surface area contributed by atoms with Crippen molar-refractivity contribution in [1.82, 2.24) is 5.32 Å². The van der Waals surface area contributed by atoms with Crippen molar-refractivity contribution in [2.45, 2.75) is 12.8 Å². The molecule has 0 bridgehead atoms. The predicted octanol–water partition coefficient (Wildman–Crippen LogP) is 1.84. The number of nitrogens with zero attached hydrogens (tertiary/aromatic N) is 1. The quantitative estimate of drug-likeness (QED) is 0.636. The second-order valence-corrected chi connectivity index (χ2v) is 5.12. The normalized spacial score (nSPS) is 15.4. The van der Waals surface area contributed by atoms with Gasteiger partial charge in [-0.25, -0.2) is 0 Å². The van der Waals surface area contributed by atoms with Gasteiger partial charge in [0.1, 0.15) is 5.56 Å². The molecule has 20 heavy (non-hydrogen) atoms. The number of hydrogen-bond acceptors (Lipinski definition) is 4. The number of amides is 1. The maximum atomic E-state index is 11.9. The van der Waals surface area contributed by atoms with Crippen molar-refractivity contribution in [3.05, 3.63) is 38.9 Å². The fraction of sp³-hybridized carbons (Fsp3) is 0.333. The standard InChI is InChI=1S/C12H11ClN2O5/c13-7-1-2-8(9(5-7)15(19)20)10(16)14-6-12(3-4-12)11(17)18/h1-2,5H,3-4,6H2,(H,14,16)(H,17,18). The van der Waals surface area contributed by atoms with Crippen molar-refractivity contribution >= 4 is 29.2 Å². The molecule has 0 aromatic heterocycles. The maximum absolute atomic E-state index is 11.9. The Labute approximate surface area is 118 Å². The maximum Gasteiger partial charge on any atom is 0.311 e. The molecule has 0 radical (unpaired) electrons. The van der Waals surface area contributed by atoms with Crippen LogP contribution in [0.5, 0.6) is 0 Å². The lowest BCUT2D eigenvalue weighted by Crippen LogP contribution is -2.34. The molecule has 1 saturated carbocycles. The highest BCUT2D eigenvalue weighted by molar-refractivity contribution is 6.31. The second kappa shape index (κ2) is 5.09. The number of nitro benzene ring substituents is 1. The van der Waals surface area contributed by atoms with Gasteiger partial charge in [0.25, 0.3) is 11.6 Å². The molecule has 0 unspecified atom stereocenters. The average Bonchev–Trinajstić information content (AvgIpc) is 3.17. The molecule has 2 rings (SSSR count). The molecule has 8 heteroatoms. The van der Waals surface area contributed by atoms with Crippen LogP contribution in [0.2, 0.25) is 5.02 Å². The number of carbonyl (C=O) groups excluding carboxylic acids is 1. The highest BCUT2D eigenvalue weighted by atomic mass is 35.5. The number of carbonyl (C=O) groups is 2. The summed E-state index contributed by atoms with van der Waals surface area (Å²) in [7, 11) is 0. The van der Waals surface area contributed by atoms with Crippen molar-refractivity contribution in [2.24, 2.45) is 5.41 Å². The van der Waals surface area contributed by atoms with Crippen molar-refractivity contribution < 1.29 is 19.6 Å². The molecule has 1 aliphatic carbocycles. The van der Waals surface area contributed by atoms with E-state index in [9.17, 15) is 19.7 Å². The van der Waals surface area contributed by atoms with Crippen LogP contribution in [-0.2, 0) is 4.79 Å². The SMILES string of the molecule is O=C(NCC1(C(=O)O)CC1)c1ccc(Cl)cc1[N+](=O)[O-]. The van der Waals surface area contributed by atoms with Crippen molar-refractivity contribution in [3.63, 3.8) is 0 Å². The lowest BCUT2D eigenvalue weighted by atomic mass is 10.1. The minimum Gasteiger partial charge on any atom is -0.481 e. The molecular weight excluding hydrogens is 288 g/mol. The number of aliphatic carboxylic acids is 1. The van der Waals surface area contributed by atoms with Gasteiger partial charge in [-0.15, -0.1) is 0 Å². The summed E-state index contributed by atoms with van der Waals surface area (Å²) >= 11 is 5.65. The molecule has 2 N–H and O–H groups in total. The Balaban J connectivity index is 2.14. The topological polar surface area (TPSA) is 110 Å². The molecule has 1 amide bonds. The van der Waals surface area contributed by atoms with Crippen LogP contribution >= 0.6 is 11.6 Å². The molecule has 1 aliphatic rings. The van der Waals surface area contributed by atoms with E-state index in [0.29, 0.717) is 12.8 Å². The van der Waals surface area contributed by atoms with Crippen molar-refractivity contribution in [3.8, 4) is 0 Å². The third kappa shape index (κ3) is 2.72. The molecular formula is C12H11ClN2O5. The first-order valence-electron chi connectivity index (χ1n) is 5.81.